The minimum Gasteiger partial charge on any atom is -0.437 e. The fraction of sp³-hybridized carbons (Fsp3) is 0.0400. The van der Waals surface area contributed by atoms with Crippen molar-refractivity contribution in [3.8, 4) is 22.5 Å². The van der Waals surface area contributed by atoms with Crippen molar-refractivity contribution in [3.05, 3.63) is 96.8 Å². The van der Waals surface area contributed by atoms with Gasteiger partial charge in [0.2, 0.25) is 5.71 Å². The highest BCUT2D eigenvalue weighted by Gasteiger charge is 2.22. The Labute approximate surface area is 168 Å². The molecule has 140 valence electrons. The predicted molar refractivity (Wildman–Crippen MR) is 117 cm³/mol. The van der Waals surface area contributed by atoms with Crippen LogP contribution in [0.4, 0.5) is 11.5 Å². The van der Waals surface area contributed by atoms with E-state index in [1.807, 2.05) is 60.7 Å². The SMILES string of the molecule is Cc1ccc(Nc2ncnc3oc(-c4ccccc4)c(-c4ccccc4)c23)cc1. The number of hydrogen-bond donors (Lipinski definition) is 1. The van der Waals surface area contributed by atoms with E-state index in [1.54, 1.807) is 0 Å². The molecule has 3 aromatic carbocycles. The number of anilines is 2. The Morgan fingerprint density at radius 1 is 0.724 bits per heavy atom. The third-order valence-electron chi connectivity index (χ3n) is 4.90. The van der Waals surface area contributed by atoms with Crippen LogP contribution in [-0.4, -0.2) is 9.97 Å². The maximum atomic E-state index is 6.25. The van der Waals surface area contributed by atoms with Gasteiger partial charge < -0.3 is 9.73 Å². The van der Waals surface area contributed by atoms with Crippen molar-refractivity contribution >= 4 is 22.6 Å². The number of furan rings is 1. The van der Waals surface area contributed by atoms with Crippen LogP contribution < -0.4 is 5.32 Å². The summed E-state index contributed by atoms with van der Waals surface area (Å²) < 4.78 is 6.25. The van der Waals surface area contributed by atoms with Gasteiger partial charge >= 0.3 is 0 Å². The van der Waals surface area contributed by atoms with Gasteiger partial charge in [-0.05, 0) is 24.6 Å². The van der Waals surface area contributed by atoms with Gasteiger partial charge in [-0.25, -0.2) is 9.97 Å². The number of aromatic nitrogens is 2. The molecule has 0 bridgehead atoms. The van der Waals surface area contributed by atoms with Crippen LogP contribution in [0.1, 0.15) is 5.56 Å². The molecule has 0 saturated heterocycles. The van der Waals surface area contributed by atoms with Crippen molar-refractivity contribution in [3.63, 3.8) is 0 Å². The van der Waals surface area contributed by atoms with E-state index in [1.165, 1.54) is 11.9 Å². The maximum absolute atomic E-state index is 6.25. The lowest BCUT2D eigenvalue weighted by Gasteiger charge is -2.09. The van der Waals surface area contributed by atoms with Gasteiger partial charge in [-0.1, -0.05) is 78.4 Å². The van der Waals surface area contributed by atoms with Crippen molar-refractivity contribution in [1.29, 1.82) is 0 Å². The fourth-order valence-corrected chi connectivity index (χ4v) is 3.47. The number of nitrogens with zero attached hydrogens (tertiary/aromatic N) is 2. The molecule has 4 nitrogen and oxygen atoms in total. The molecule has 5 rings (SSSR count). The van der Waals surface area contributed by atoms with Crippen molar-refractivity contribution in [1.82, 2.24) is 9.97 Å². The summed E-state index contributed by atoms with van der Waals surface area (Å²) in [6.07, 6.45) is 1.53. The van der Waals surface area contributed by atoms with Crippen LogP contribution in [0, 0.1) is 6.92 Å². The molecule has 4 heteroatoms. The van der Waals surface area contributed by atoms with E-state index in [0.717, 1.165) is 39.3 Å². The Morgan fingerprint density at radius 2 is 1.38 bits per heavy atom. The molecule has 0 spiro atoms. The summed E-state index contributed by atoms with van der Waals surface area (Å²) in [7, 11) is 0. The van der Waals surface area contributed by atoms with E-state index >= 15 is 0 Å². The van der Waals surface area contributed by atoms with Gasteiger partial charge in [-0.2, -0.15) is 0 Å². The first kappa shape index (κ1) is 17.2. The number of rotatable bonds is 4. The predicted octanol–water partition coefficient (Wildman–Crippen LogP) is 6.61. The molecule has 29 heavy (non-hydrogen) atoms. The van der Waals surface area contributed by atoms with E-state index in [2.05, 4.69) is 46.5 Å². The van der Waals surface area contributed by atoms with Gasteiger partial charge in [-0.15, -0.1) is 0 Å². The minimum absolute atomic E-state index is 0.562. The summed E-state index contributed by atoms with van der Waals surface area (Å²) in [5.74, 6) is 1.52. The highest BCUT2D eigenvalue weighted by atomic mass is 16.3. The molecule has 0 aliphatic rings. The molecule has 0 saturated carbocycles. The van der Waals surface area contributed by atoms with Crippen molar-refractivity contribution in [2.45, 2.75) is 6.92 Å². The molecule has 0 aliphatic heterocycles. The Kier molecular flexibility index (Phi) is 4.30. The lowest BCUT2D eigenvalue weighted by atomic mass is 9.99. The number of benzene rings is 3. The third kappa shape index (κ3) is 3.25. The quantitative estimate of drug-likeness (QED) is 0.383. The number of aryl methyl sites for hydroxylation is 1. The number of nitrogens with one attached hydrogen (secondary N) is 1. The lowest BCUT2D eigenvalue weighted by molar-refractivity contribution is 0.618. The molecule has 0 fully saturated rings. The highest BCUT2D eigenvalue weighted by Crippen LogP contribution is 2.42. The second-order valence-corrected chi connectivity index (χ2v) is 6.93. The van der Waals surface area contributed by atoms with Crippen LogP contribution in [0.3, 0.4) is 0 Å². The molecule has 0 radical (unpaired) electrons. The maximum Gasteiger partial charge on any atom is 0.232 e. The van der Waals surface area contributed by atoms with Gasteiger partial charge in [0.15, 0.2) is 0 Å². The second-order valence-electron chi connectivity index (χ2n) is 6.93. The van der Waals surface area contributed by atoms with Crippen LogP contribution in [0.25, 0.3) is 33.6 Å². The third-order valence-corrected chi connectivity index (χ3v) is 4.90. The van der Waals surface area contributed by atoms with E-state index < -0.39 is 0 Å². The van der Waals surface area contributed by atoms with Gasteiger partial charge in [0.1, 0.15) is 17.9 Å². The summed E-state index contributed by atoms with van der Waals surface area (Å²) in [4.78, 5) is 8.95. The molecule has 2 heterocycles. The minimum atomic E-state index is 0.562. The Balaban J connectivity index is 1.76. The van der Waals surface area contributed by atoms with Gasteiger partial charge in [0, 0.05) is 16.8 Å². The average molecular weight is 377 g/mol. The van der Waals surface area contributed by atoms with Crippen LogP contribution >= 0.6 is 0 Å². The normalized spacial score (nSPS) is 10.9. The average Bonchev–Trinajstić information content (AvgIpc) is 3.17. The molecular formula is C25H19N3O. The summed E-state index contributed by atoms with van der Waals surface area (Å²) in [6.45, 7) is 2.07. The summed E-state index contributed by atoms with van der Waals surface area (Å²) in [5, 5.41) is 4.31. The highest BCUT2D eigenvalue weighted by molar-refractivity contribution is 6.06. The fourth-order valence-electron chi connectivity index (χ4n) is 3.47. The van der Waals surface area contributed by atoms with E-state index in [0.29, 0.717) is 5.71 Å². The summed E-state index contributed by atoms with van der Waals surface area (Å²) >= 11 is 0. The number of fused-ring (bicyclic) bond motifs is 1. The first-order chi connectivity index (χ1) is 14.3. The molecule has 0 atom stereocenters. The van der Waals surface area contributed by atoms with Gasteiger partial charge in [0.05, 0.1) is 5.39 Å². The molecule has 2 aromatic heterocycles. The lowest BCUT2D eigenvalue weighted by Crippen LogP contribution is -1.95. The van der Waals surface area contributed by atoms with E-state index in [-0.39, 0.29) is 0 Å². The zero-order chi connectivity index (χ0) is 19.6. The summed E-state index contributed by atoms with van der Waals surface area (Å²) in [6, 6.07) is 28.6. The standard InChI is InChI=1S/C25H19N3O/c1-17-12-14-20(15-13-17)28-24-22-21(18-8-4-2-5-9-18)23(19-10-6-3-7-11-19)29-25(22)27-16-26-24/h2-16H,1H3,(H,26,27,28). The monoisotopic (exact) mass is 377 g/mol. The molecule has 1 N–H and O–H groups in total. The molecule has 0 unspecified atom stereocenters. The first-order valence-electron chi connectivity index (χ1n) is 9.51. The Morgan fingerprint density at radius 3 is 2.07 bits per heavy atom. The zero-order valence-electron chi connectivity index (χ0n) is 16.0. The Hall–Kier alpha value is -3.92. The van der Waals surface area contributed by atoms with E-state index in [9.17, 15) is 0 Å². The van der Waals surface area contributed by atoms with Crippen LogP contribution in [0.5, 0.6) is 0 Å². The van der Waals surface area contributed by atoms with Crippen LogP contribution in [0.15, 0.2) is 95.7 Å². The molecule has 5 aromatic rings. The number of hydrogen-bond acceptors (Lipinski definition) is 4. The zero-order valence-corrected chi connectivity index (χ0v) is 16.0. The second kappa shape index (κ2) is 7.24. The smallest absolute Gasteiger partial charge is 0.232 e. The topological polar surface area (TPSA) is 51.0 Å². The molecular weight excluding hydrogens is 358 g/mol. The van der Waals surface area contributed by atoms with Gasteiger partial charge in [0.25, 0.3) is 0 Å². The first-order valence-corrected chi connectivity index (χ1v) is 9.51. The van der Waals surface area contributed by atoms with Crippen molar-refractivity contribution < 1.29 is 4.42 Å². The van der Waals surface area contributed by atoms with Crippen LogP contribution in [-0.2, 0) is 0 Å². The molecule has 0 amide bonds. The van der Waals surface area contributed by atoms with Gasteiger partial charge in [-0.3, -0.25) is 0 Å². The van der Waals surface area contributed by atoms with Crippen molar-refractivity contribution in [2.24, 2.45) is 0 Å². The van der Waals surface area contributed by atoms with Crippen LogP contribution in [0.2, 0.25) is 0 Å². The summed E-state index contributed by atoms with van der Waals surface area (Å²) in [5.41, 5.74) is 5.80. The Bertz CT molecular complexity index is 1260. The van der Waals surface area contributed by atoms with E-state index in [4.69, 9.17) is 4.42 Å². The van der Waals surface area contributed by atoms with Crippen molar-refractivity contribution in [2.75, 3.05) is 5.32 Å². The largest absolute Gasteiger partial charge is 0.437 e. The molecule has 0 aliphatic carbocycles.